The average molecular weight is 404 g/mol. The number of carbonyl (C=O) groups is 2. The highest BCUT2D eigenvalue weighted by atomic mass is 32.1. The van der Waals surface area contributed by atoms with E-state index < -0.39 is 54.0 Å². The average Bonchev–Trinajstić information content (AvgIpc) is 2.43. The van der Waals surface area contributed by atoms with Gasteiger partial charge >= 0.3 is 29.3 Å². The number of alkyl halides is 7. The lowest BCUT2D eigenvalue weighted by atomic mass is 10.1. The van der Waals surface area contributed by atoms with Gasteiger partial charge in [-0.3, -0.25) is 0 Å². The molecule has 0 amide bonds. The summed E-state index contributed by atoms with van der Waals surface area (Å²) < 4.78 is 96.3. The van der Waals surface area contributed by atoms with Crippen molar-refractivity contribution < 1.29 is 54.9 Å². The molecule has 0 heterocycles. The Morgan fingerprint density at radius 3 is 1.88 bits per heavy atom. The minimum absolute atomic E-state index is 0.511. The molecule has 0 bridgehead atoms. The zero-order valence-corrected chi connectivity index (χ0v) is 13.8. The van der Waals surface area contributed by atoms with Crippen molar-refractivity contribution in [3.8, 4) is 0 Å². The van der Waals surface area contributed by atoms with Gasteiger partial charge < -0.3 is 14.6 Å². The van der Waals surface area contributed by atoms with Crippen LogP contribution in [0.3, 0.4) is 0 Å². The molecule has 5 nitrogen and oxygen atoms in total. The predicted octanol–water partition coefficient (Wildman–Crippen LogP) is 2.74. The van der Waals surface area contributed by atoms with Crippen LogP contribution < -0.4 is 0 Å². The molecule has 13 heteroatoms. The van der Waals surface area contributed by atoms with Crippen molar-refractivity contribution in [1.82, 2.24) is 0 Å². The summed E-state index contributed by atoms with van der Waals surface area (Å²) in [5.74, 6) is -9.35. The lowest BCUT2D eigenvalue weighted by Gasteiger charge is -2.26. The molecule has 1 N–H and O–H groups in total. The highest BCUT2D eigenvalue weighted by Crippen LogP contribution is 2.33. The second-order valence-electron chi connectivity index (χ2n) is 4.36. The van der Waals surface area contributed by atoms with E-state index in [1.165, 1.54) is 0 Å². The number of aliphatic hydroxyl groups excluding tert-OH is 1. The van der Waals surface area contributed by atoms with Crippen molar-refractivity contribution in [3.05, 3.63) is 12.2 Å². The van der Waals surface area contributed by atoms with Gasteiger partial charge in [0, 0.05) is 12.7 Å². The van der Waals surface area contributed by atoms with Crippen LogP contribution in [-0.2, 0) is 19.1 Å². The Morgan fingerprint density at radius 2 is 1.56 bits per heavy atom. The minimum atomic E-state index is -5.24. The quantitative estimate of drug-likeness (QED) is 0.296. The molecule has 0 aromatic rings. The fourth-order valence-corrected chi connectivity index (χ4v) is 1.13. The molecule has 0 aliphatic rings. The van der Waals surface area contributed by atoms with E-state index in [1.54, 1.807) is 0 Å². The maximum absolute atomic E-state index is 13.7. The Hall–Kier alpha value is -1.50. The van der Waals surface area contributed by atoms with Crippen LogP contribution in [0.15, 0.2) is 12.2 Å². The van der Waals surface area contributed by atoms with Crippen LogP contribution in [0.25, 0.3) is 0 Å². The first-order chi connectivity index (χ1) is 11.1. The Balaban J connectivity index is 0. The summed E-state index contributed by atoms with van der Waals surface area (Å²) in [6, 6.07) is 0. The lowest BCUT2D eigenvalue weighted by molar-refractivity contribution is -0.221. The van der Waals surface area contributed by atoms with Crippen molar-refractivity contribution in [1.29, 1.82) is 0 Å². The summed E-state index contributed by atoms with van der Waals surface area (Å²) in [6.45, 7) is 2.03. The Labute approximate surface area is 143 Å². The molecule has 0 aromatic carbocycles. The number of halogens is 7. The molecule has 0 fully saturated rings. The van der Waals surface area contributed by atoms with Crippen LogP contribution in [0.5, 0.6) is 0 Å². The van der Waals surface area contributed by atoms with Crippen LogP contribution in [0.4, 0.5) is 30.7 Å². The molecule has 0 saturated carbocycles. The molecule has 0 aliphatic carbocycles. The fourth-order valence-electron chi connectivity index (χ4n) is 1.06. The third kappa shape index (κ3) is 10.9. The molecule has 0 saturated heterocycles. The van der Waals surface area contributed by atoms with E-state index in [4.69, 9.17) is 5.11 Å². The standard InChI is InChI=1S/C11H11F7O4S.CH4O/c1-5(2)7(19)22-6(3-9(12,13)14)11(17,18)8(20)21-4-10(15,16)23;1-2/h6,23H,1,3-4H2,2H3;2H,1H3. The molecule has 1 unspecified atom stereocenters. The van der Waals surface area contributed by atoms with Crippen LogP contribution in [-0.4, -0.2) is 54.2 Å². The summed E-state index contributed by atoms with van der Waals surface area (Å²) in [6.07, 6.45) is -10.9. The van der Waals surface area contributed by atoms with E-state index >= 15 is 0 Å². The molecule has 25 heavy (non-hydrogen) atoms. The maximum atomic E-state index is 13.7. The van der Waals surface area contributed by atoms with Crippen LogP contribution >= 0.6 is 12.6 Å². The number of thiol groups is 1. The third-order valence-corrected chi connectivity index (χ3v) is 2.20. The van der Waals surface area contributed by atoms with E-state index in [2.05, 4.69) is 28.7 Å². The van der Waals surface area contributed by atoms with E-state index in [1.807, 2.05) is 0 Å². The monoisotopic (exact) mass is 404 g/mol. The Morgan fingerprint density at radius 1 is 1.12 bits per heavy atom. The smallest absolute Gasteiger partial charge is 0.392 e. The van der Waals surface area contributed by atoms with Crippen LogP contribution in [0, 0.1) is 0 Å². The van der Waals surface area contributed by atoms with Gasteiger partial charge in [-0.25, -0.2) is 9.59 Å². The molecular formula is C12H15F7O5S. The van der Waals surface area contributed by atoms with Gasteiger partial charge in [-0.05, 0) is 6.92 Å². The molecule has 0 rings (SSSR count). The first-order valence-corrected chi connectivity index (χ1v) is 6.54. The van der Waals surface area contributed by atoms with E-state index in [0.717, 1.165) is 14.0 Å². The number of carbonyl (C=O) groups excluding carboxylic acids is 2. The van der Waals surface area contributed by atoms with E-state index in [9.17, 15) is 40.3 Å². The van der Waals surface area contributed by atoms with Gasteiger partial charge in [0.15, 0.2) is 12.7 Å². The van der Waals surface area contributed by atoms with Crippen LogP contribution in [0.2, 0.25) is 0 Å². The third-order valence-electron chi connectivity index (χ3n) is 2.07. The summed E-state index contributed by atoms with van der Waals surface area (Å²) in [7, 11) is 1.00. The molecule has 0 spiro atoms. The zero-order chi connectivity index (χ0) is 20.6. The first kappa shape index (κ1) is 25.7. The molecule has 0 aromatic heterocycles. The van der Waals surface area contributed by atoms with Gasteiger partial charge in [0.2, 0.25) is 0 Å². The van der Waals surface area contributed by atoms with Gasteiger partial charge in [0.05, 0.1) is 6.42 Å². The number of hydrogen-bond acceptors (Lipinski definition) is 6. The molecular weight excluding hydrogens is 389 g/mol. The number of hydrogen-bond donors (Lipinski definition) is 2. The van der Waals surface area contributed by atoms with Crippen molar-refractivity contribution in [2.45, 2.75) is 36.8 Å². The summed E-state index contributed by atoms with van der Waals surface area (Å²) in [4.78, 5) is 22.2. The van der Waals surface area contributed by atoms with Crippen LogP contribution in [0.1, 0.15) is 13.3 Å². The number of ether oxygens (including phenoxy) is 2. The van der Waals surface area contributed by atoms with Crippen molar-refractivity contribution in [2.24, 2.45) is 0 Å². The number of aliphatic hydroxyl groups is 1. The molecule has 0 aliphatic heterocycles. The van der Waals surface area contributed by atoms with Crippen molar-refractivity contribution >= 4 is 24.6 Å². The highest BCUT2D eigenvalue weighted by Gasteiger charge is 2.55. The van der Waals surface area contributed by atoms with Gasteiger partial charge in [0.1, 0.15) is 0 Å². The molecule has 0 radical (unpaired) electrons. The summed E-state index contributed by atoms with van der Waals surface area (Å²) in [5.41, 5.74) is -0.511. The zero-order valence-electron chi connectivity index (χ0n) is 12.9. The molecule has 1 atom stereocenters. The van der Waals surface area contributed by atoms with Gasteiger partial charge in [-0.1, -0.05) is 6.58 Å². The Bertz CT molecular complexity index is 473. The molecule has 148 valence electrons. The SMILES string of the molecule is C=C(C)C(=O)OC(CC(F)(F)F)C(F)(F)C(=O)OCC(F)(F)S.CO. The summed E-state index contributed by atoms with van der Waals surface area (Å²) >= 11 is 2.60. The second-order valence-corrected chi connectivity index (χ2v) is 5.01. The normalized spacial score (nSPS) is 13.2. The maximum Gasteiger partial charge on any atom is 0.392 e. The lowest BCUT2D eigenvalue weighted by Crippen LogP contribution is -2.48. The topological polar surface area (TPSA) is 72.8 Å². The summed E-state index contributed by atoms with van der Waals surface area (Å²) in [5, 5.41) is 3.03. The largest absolute Gasteiger partial charge is 0.454 e. The van der Waals surface area contributed by atoms with Crippen molar-refractivity contribution in [3.63, 3.8) is 0 Å². The minimum Gasteiger partial charge on any atom is -0.454 e. The Kier molecular flexibility index (Phi) is 10.1. The fraction of sp³-hybridized carbons (Fsp3) is 0.667. The highest BCUT2D eigenvalue weighted by molar-refractivity contribution is 7.81. The number of esters is 2. The number of rotatable bonds is 7. The van der Waals surface area contributed by atoms with Gasteiger partial charge in [0.25, 0.3) is 0 Å². The van der Waals surface area contributed by atoms with Gasteiger partial charge in [-0.2, -0.15) is 30.7 Å². The van der Waals surface area contributed by atoms with Crippen molar-refractivity contribution in [2.75, 3.05) is 13.7 Å². The second kappa shape index (κ2) is 9.85. The predicted molar refractivity (Wildman–Crippen MR) is 73.3 cm³/mol. The van der Waals surface area contributed by atoms with E-state index in [-0.39, 0.29) is 0 Å². The first-order valence-electron chi connectivity index (χ1n) is 6.09. The van der Waals surface area contributed by atoms with E-state index in [0.29, 0.717) is 0 Å². The van der Waals surface area contributed by atoms with Gasteiger partial charge in [-0.15, -0.1) is 12.6 Å².